The number of hydrogen-bond donors (Lipinski definition) is 1. The number of aromatic nitrogens is 3. The van der Waals surface area contributed by atoms with Crippen molar-refractivity contribution in [3.05, 3.63) is 28.5 Å². The van der Waals surface area contributed by atoms with E-state index in [0.717, 1.165) is 10.9 Å². The molecule has 3 rings (SSSR count). The summed E-state index contributed by atoms with van der Waals surface area (Å²) in [7, 11) is 3.76. The standard InChI is InChI=1S/C19H24N8O3/c1-4-5-6-13-8-27(16-7-14(15(9-28)30-16)29-12-24-25-20)19-17(13)18(21-10-22-19)23-11-26(2)3/h8,10-11,14-16,28H,4,7,9,12H2,1-3H3/b23-11+. The second-order valence-corrected chi connectivity index (χ2v) is 6.82. The van der Waals surface area contributed by atoms with Gasteiger partial charge in [-0.3, -0.25) is 0 Å². The van der Waals surface area contributed by atoms with Crippen LogP contribution in [0.1, 0.15) is 31.6 Å². The van der Waals surface area contributed by atoms with Gasteiger partial charge >= 0.3 is 0 Å². The zero-order valence-corrected chi connectivity index (χ0v) is 17.1. The van der Waals surface area contributed by atoms with Gasteiger partial charge in [-0.1, -0.05) is 23.9 Å². The van der Waals surface area contributed by atoms with Crippen molar-refractivity contribution in [1.29, 1.82) is 0 Å². The Balaban J connectivity index is 2.02. The van der Waals surface area contributed by atoms with Crippen LogP contribution in [0.15, 0.2) is 22.6 Å². The Morgan fingerprint density at radius 2 is 2.33 bits per heavy atom. The fourth-order valence-electron chi connectivity index (χ4n) is 3.20. The van der Waals surface area contributed by atoms with Crippen LogP contribution in [0.5, 0.6) is 0 Å². The smallest absolute Gasteiger partial charge is 0.167 e. The molecule has 30 heavy (non-hydrogen) atoms. The van der Waals surface area contributed by atoms with Crippen LogP contribution in [-0.2, 0) is 9.47 Å². The third-order valence-corrected chi connectivity index (χ3v) is 4.48. The lowest BCUT2D eigenvalue weighted by Gasteiger charge is -2.15. The highest BCUT2D eigenvalue weighted by atomic mass is 16.6. The molecule has 3 heterocycles. The third kappa shape index (κ3) is 4.69. The molecule has 2 aromatic heterocycles. The monoisotopic (exact) mass is 412 g/mol. The molecular weight excluding hydrogens is 388 g/mol. The maximum atomic E-state index is 9.67. The second-order valence-electron chi connectivity index (χ2n) is 6.82. The Labute approximate surface area is 174 Å². The minimum absolute atomic E-state index is 0.126. The molecule has 0 aromatic carbocycles. The molecule has 11 nitrogen and oxygen atoms in total. The number of aliphatic hydroxyl groups excluding tert-OH is 1. The summed E-state index contributed by atoms with van der Waals surface area (Å²) in [6.07, 6.45) is 4.76. The number of hydrogen-bond acceptors (Lipinski definition) is 7. The molecular formula is C19H24N8O3. The van der Waals surface area contributed by atoms with Gasteiger partial charge in [-0.2, -0.15) is 0 Å². The van der Waals surface area contributed by atoms with Crippen LogP contribution in [0.2, 0.25) is 0 Å². The van der Waals surface area contributed by atoms with Gasteiger partial charge in [0, 0.05) is 38.0 Å². The predicted molar refractivity (Wildman–Crippen MR) is 111 cm³/mol. The quantitative estimate of drug-likeness (QED) is 0.185. The van der Waals surface area contributed by atoms with Gasteiger partial charge in [0.05, 0.1) is 30.0 Å². The molecule has 1 aliphatic heterocycles. The van der Waals surface area contributed by atoms with Crippen molar-refractivity contribution >= 4 is 23.2 Å². The average Bonchev–Trinajstić information content (AvgIpc) is 3.32. The first-order valence-electron chi connectivity index (χ1n) is 9.52. The fraction of sp³-hybridized carbons (Fsp3) is 0.526. The number of azide groups is 1. The molecule has 0 aliphatic carbocycles. The average molecular weight is 412 g/mol. The van der Waals surface area contributed by atoms with Crippen LogP contribution in [0.4, 0.5) is 5.82 Å². The first kappa shape index (κ1) is 21.5. The molecule has 3 atom stereocenters. The van der Waals surface area contributed by atoms with Crippen LogP contribution in [-0.4, -0.2) is 70.5 Å². The summed E-state index contributed by atoms with van der Waals surface area (Å²) in [6.45, 7) is 1.64. The van der Waals surface area contributed by atoms with Crippen LogP contribution in [0, 0.1) is 11.8 Å². The molecule has 1 N–H and O–H groups in total. The fourth-order valence-corrected chi connectivity index (χ4v) is 3.20. The molecule has 0 radical (unpaired) electrons. The number of rotatable bonds is 7. The van der Waals surface area contributed by atoms with Crippen molar-refractivity contribution in [3.63, 3.8) is 0 Å². The molecule has 11 heteroatoms. The molecule has 2 aromatic rings. The van der Waals surface area contributed by atoms with Crippen molar-refractivity contribution in [2.45, 2.75) is 38.2 Å². The summed E-state index contributed by atoms with van der Waals surface area (Å²) in [4.78, 5) is 17.7. The van der Waals surface area contributed by atoms with E-state index in [9.17, 15) is 5.11 Å². The summed E-state index contributed by atoms with van der Waals surface area (Å²) in [6, 6.07) is 0. The number of ether oxygens (including phenoxy) is 2. The highest BCUT2D eigenvalue weighted by Gasteiger charge is 2.37. The minimum atomic E-state index is -0.542. The van der Waals surface area contributed by atoms with E-state index in [0.29, 0.717) is 24.3 Å². The van der Waals surface area contributed by atoms with Crippen LogP contribution in [0.25, 0.3) is 21.5 Å². The molecule has 1 fully saturated rings. The molecule has 3 unspecified atom stereocenters. The van der Waals surface area contributed by atoms with Gasteiger partial charge in [0.15, 0.2) is 5.82 Å². The topological polar surface area (TPSA) is 134 Å². The summed E-state index contributed by atoms with van der Waals surface area (Å²) < 4.78 is 13.4. The highest BCUT2D eigenvalue weighted by molar-refractivity contribution is 5.93. The first-order chi connectivity index (χ1) is 14.6. The van der Waals surface area contributed by atoms with Gasteiger partial charge < -0.3 is 24.0 Å². The van der Waals surface area contributed by atoms with Crippen LogP contribution in [0.3, 0.4) is 0 Å². The Kier molecular flexibility index (Phi) is 7.21. The lowest BCUT2D eigenvalue weighted by molar-refractivity contribution is -0.0593. The normalized spacial score (nSPS) is 20.9. The van der Waals surface area contributed by atoms with Crippen molar-refractivity contribution in [3.8, 4) is 11.8 Å². The van der Waals surface area contributed by atoms with Crippen molar-refractivity contribution < 1.29 is 14.6 Å². The number of aliphatic hydroxyl groups is 1. The number of fused-ring (bicyclic) bond motifs is 1. The highest BCUT2D eigenvalue weighted by Crippen LogP contribution is 2.36. The maximum Gasteiger partial charge on any atom is 0.167 e. The zero-order chi connectivity index (χ0) is 21.5. The predicted octanol–water partition coefficient (Wildman–Crippen LogP) is 2.35. The van der Waals surface area contributed by atoms with E-state index in [2.05, 4.69) is 36.8 Å². The van der Waals surface area contributed by atoms with Gasteiger partial charge in [-0.25, -0.2) is 15.0 Å². The van der Waals surface area contributed by atoms with Crippen molar-refractivity contribution in [2.75, 3.05) is 27.4 Å². The maximum absolute atomic E-state index is 9.67. The van der Waals surface area contributed by atoms with Gasteiger partial charge in [-0.15, -0.1) is 0 Å². The van der Waals surface area contributed by atoms with E-state index in [-0.39, 0.29) is 13.3 Å². The summed E-state index contributed by atoms with van der Waals surface area (Å²) in [5.41, 5.74) is 9.83. The zero-order valence-electron chi connectivity index (χ0n) is 17.1. The van der Waals surface area contributed by atoms with Crippen LogP contribution < -0.4 is 0 Å². The van der Waals surface area contributed by atoms with E-state index in [1.54, 1.807) is 6.34 Å². The number of nitrogens with zero attached hydrogens (tertiary/aromatic N) is 8. The van der Waals surface area contributed by atoms with Gasteiger partial charge in [-0.05, 0) is 5.53 Å². The SMILES string of the molecule is CCC#Cc1cn(C2CC(OCN=[N+]=[N-])C(CO)O2)c2ncnc(/N=C/N(C)C)c12. The molecule has 0 bridgehead atoms. The lowest BCUT2D eigenvalue weighted by atomic mass is 10.2. The summed E-state index contributed by atoms with van der Waals surface area (Å²) in [5, 5.41) is 13.8. The molecule has 0 saturated carbocycles. The van der Waals surface area contributed by atoms with E-state index >= 15 is 0 Å². The van der Waals surface area contributed by atoms with E-state index in [1.807, 2.05) is 36.7 Å². The van der Waals surface area contributed by atoms with Gasteiger partial charge in [0.1, 0.15) is 31.0 Å². The van der Waals surface area contributed by atoms with E-state index < -0.39 is 18.4 Å². The molecule has 1 saturated heterocycles. The van der Waals surface area contributed by atoms with E-state index in [1.165, 1.54) is 6.33 Å². The number of aliphatic imine (C=N–C) groups is 1. The van der Waals surface area contributed by atoms with Crippen LogP contribution >= 0.6 is 0 Å². The molecule has 158 valence electrons. The summed E-state index contributed by atoms with van der Waals surface area (Å²) in [5.74, 6) is 6.76. The minimum Gasteiger partial charge on any atom is -0.394 e. The third-order valence-electron chi connectivity index (χ3n) is 4.48. The van der Waals surface area contributed by atoms with Gasteiger partial charge in [0.2, 0.25) is 0 Å². The second kappa shape index (κ2) is 10.0. The largest absolute Gasteiger partial charge is 0.394 e. The Morgan fingerprint density at radius 1 is 1.50 bits per heavy atom. The summed E-state index contributed by atoms with van der Waals surface area (Å²) >= 11 is 0. The Hall–Kier alpha value is -3.16. The molecule has 1 aliphatic rings. The lowest BCUT2D eigenvalue weighted by Crippen LogP contribution is -2.27. The Bertz CT molecular complexity index is 1020. The van der Waals surface area contributed by atoms with Crippen molar-refractivity contribution in [1.82, 2.24) is 19.4 Å². The molecule has 0 spiro atoms. The molecule has 0 amide bonds. The van der Waals surface area contributed by atoms with Crippen molar-refractivity contribution in [2.24, 2.45) is 10.1 Å². The van der Waals surface area contributed by atoms with E-state index in [4.69, 9.17) is 15.0 Å². The first-order valence-corrected chi connectivity index (χ1v) is 9.52. The Morgan fingerprint density at radius 3 is 3.03 bits per heavy atom. The van der Waals surface area contributed by atoms with Gasteiger partial charge in [0.25, 0.3) is 0 Å².